The number of halogens is 1. The zero-order valence-electron chi connectivity index (χ0n) is 6.08. The van der Waals surface area contributed by atoms with E-state index < -0.39 is 0 Å². The fourth-order valence-electron chi connectivity index (χ4n) is 0.777. The molecule has 0 spiro atoms. The van der Waals surface area contributed by atoms with Crippen LogP contribution in [0.3, 0.4) is 0 Å². The van der Waals surface area contributed by atoms with E-state index in [2.05, 4.69) is 33.2 Å². The molecule has 0 aliphatic carbocycles. The molecule has 0 amide bonds. The molecule has 0 aromatic carbocycles. The molecule has 1 unspecified atom stereocenters. The molecule has 10 heavy (non-hydrogen) atoms. The van der Waals surface area contributed by atoms with Crippen molar-refractivity contribution in [2.45, 2.75) is 18.2 Å². The second kappa shape index (κ2) is 3.14. The van der Waals surface area contributed by atoms with Crippen molar-refractivity contribution in [3.8, 4) is 0 Å². The maximum Gasteiger partial charge on any atom is 0.0838 e. The first-order valence-electron chi connectivity index (χ1n) is 3.18. The van der Waals surface area contributed by atoms with E-state index in [1.54, 1.807) is 4.68 Å². The van der Waals surface area contributed by atoms with E-state index in [1.165, 1.54) is 0 Å². The Morgan fingerprint density at radius 2 is 2.50 bits per heavy atom. The van der Waals surface area contributed by atoms with Crippen molar-refractivity contribution in [3.05, 3.63) is 11.9 Å². The molecule has 1 heterocycles. The second-order valence-corrected chi connectivity index (χ2v) is 3.93. The number of hydrogen-bond donors (Lipinski definition) is 0. The van der Waals surface area contributed by atoms with Gasteiger partial charge in [-0.25, -0.2) is 0 Å². The lowest BCUT2D eigenvalue weighted by atomic mass is 10.3. The van der Waals surface area contributed by atoms with E-state index in [0.717, 1.165) is 12.1 Å². The molecular formula is C6H10BrN3. The molecule has 1 rings (SSSR count). The summed E-state index contributed by atoms with van der Waals surface area (Å²) in [4.78, 5) is 0.476. The largest absolute Gasteiger partial charge is 0.255 e. The monoisotopic (exact) mass is 203 g/mol. The summed E-state index contributed by atoms with van der Waals surface area (Å²) < 4.78 is 1.71. The first kappa shape index (κ1) is 7.72. The van der Waals surface area contributed by atoms with Crippen molar-refractivity contribution in [3.63, 3.8) is 0 Å². The summed E-state index contributed by atoms with van der Waals surface area (Å²) in [6, 6.07) is 0. The number of rotatable bonds is 2. The van der Waals surface area contributed by atoms with Crippen molar-refractivity contribution in [2.75, 3.05) is 0 Å². The maximum absolute atomic E-state index is 3.94. The van der Waals surface area contributed by atoms with Crippen LogP contribution in [-0.2, 0) is 13.5 Å². The minimum absolute atomic E-state index is 0.476. The van der Waals surface area contributed by atoms with Crippen LogP contribution in [0.15, 0.2) is 6.20 Å². The molecule has 0 fully saturated rings. The van der Waals surface area contributed by atoms with Gasteiger partial charge in [-0.3, -0.25) is 4.68 Å². The van der Waals surface area contributed by atoms with Gasteiger partial charge in [0.15, 0.2) is 0 Å². The van der Waals surface area contributed by atoms with Crippen molar-refractivity contribution in [1.29, 1.82) is 0 Å². The van der Waals surface area contributed by atoms with Crippen LogP contribution in [0.1, 0.15) is 12.6 Å². The van der Waals surface area contributed by atoms with Crippen molar-refractivity contribution in [1.82, 2.24) is 15.0 Å². The van der Waals surface area contributed by atoms with Crippen LogP contribution in [-0.4, -0.2) is 19.8 Å². The van der Waals surface area contributed by atoms with Crippen LogP contribution >= 0.6 is 15.9 Å². The van der Waals surface area contributed by atoms with E-state index in [-0.39, 0.29) is 0 Å². The van der Waals surface area contributed by atoms with Gasteiger partial charge in [-0.2, -0.15) is 0 Å². The SMILES string of the molecule is CC(Br)Cc1cn(C)nn1. The van der Waals surface area contributed by atoms with Crippen LogP contribution in [0.2, 0.25) is 0 Å². The highest BCUT2D eigenvalue weighted by Crippen LogP contribution is 2.04. The van der Waals surface area contributed by atoms with E-state index in [1.807, 2.05) is 13.2 Å². The Kier molecular flexibility index (Phi) is 2.43. The van der Waals surface area contributed by atoms with Gasteiger partial charge in [0.1, 0.15) is 0 Å². The molecule has 0 bridgehead atoms. The molecule has 0 aliphatic rings. The van der Waals surface area contributed by atoms with Gasteiger partial charge in [0, 0.05) is 24.5 Å². The Morgan fingerprint density at radius 3 is 2.90 bits per heavy atom. The molecular weight excluding hydrogens is 194 g/mol. The number of alkyl halides is 1. The van der Waals surface area contributed by atoms with Gasteiger partial charge in [-0.05, 0) is 0 Å². The molecule has 0 saturated carbocycles. The van der Waals surface area contributed by atoms with Gasteiger partial charge < -0.3 is 0 Å². The van der Waals surface area contributed by atoms with Crippen molar-refractivity contribution >= 4 is 15.9 Å². The zero-order chi connectivity index (χ0) is 7.56. The first-order chi connectivity index (χ1) is 4.68. The molecule has 3 nitrogen and oxygen atoms in total. The number of aryl methyl sites for hydroxylation is 1. The predicted octanol–water partition coefficient (Wildman–Crippen LogP) is 1.14. The summed E-state index contributed by atoms with van der Waals surface area (Å²) >= 11 is 3.44. The zero-order valence-corrected chi connectivity index (χ0v) is 7.67. The highest BCUT2D eigenvalue weighted by molar-refractivity contribution is 9.09. The second-order valence-electron chi connectivity index (χ2n) is 2.37. The topological polar surface area (TPSA) is 30.7 Å². The van der Waals surface area contributed by atoms with Crippen LogP contribution in [0.4, 0.5) is 0 Å². The van der Waals surface area contributed by atoms with Crippen LogP contribution in [0.5, 0.6) is 0 Å². The van der Waals surface area contributed by atoms with Crippen LogP contribution in [0, 0.1) is 0 Å². The Balaban J connectivity index is 2.58. The van der Waals surface area contributed by atoms with Crippen LogP contribution < -0.4 is 0 Å². The predicted molar refractivity (Wildman–Crippen MR) is 43.1 cm³/mol. The quantitative estimate of drug-likeness (QED) is 0.676. The van der Waals surface area contributed by atoms with Gasteiger partial charge >= 0.3 is 0 Å². The van der Waals surface area contributed by atoms with E-state index in [4.69, 9.17) is 0 Å². The molecule has 0 radical (unpaired) electrons. The molecule has 1 aromatic rings. The van der Waals surface area contributed by atoms with Gasteiger partial charge in [-0.1, -0.05) is 28.1 Å². The smallest absolute Gasteiger partial charge is 0.0838 e. The average molecular weight is 204 g/mol. The summed E-state index contributed by atoms with van der Waals surface area (Å²) in [5.74, 6) is 0. The van der Waals surface area contributed by atoms with Gasteiger partial charge in [0.25, 0.3) is 0 Å². The Morgan fingerprint density at radius 1 is 1.80 bits per heavy atom. The lowest BCUT2D eigenvalue weighted by Gasteiger charge is -1.95. The van der Waals surface area contributed by atoms with Gasteiger partial charge in [0.2, 0.25) is 0 Å². The standard InChI is InChI=1S/C6H10BrN3/c1-5(7)3-6-4-10(2)9-8-6/h4-5H,3H2,1-2H3. The van der Waals surface area contributed by atoms with Gasteiger partial charge in [-0.15, -0.1) is 5.10 Å². The summed E-state index contributed by atoms with van der Waals surface area (Å²) in [6.07, 6.45) is 2.87. The Bertz CT molecular complexity index is 207. The van der Waals surface area contributed by atoms with Crippen molar-refractivity contribution < 1.29 is 0 Å². The molecule has 1 aromatic heterocycles. The normalized spacial score (nSPS) is 13.5. The first-order valence-corrected chi connectivity index (χ1v) is 4.09. The molecule has 4 heteroatoms. The van der Waals surface area contributed by atoms with Crippen molar-refractivity contribution in [2.24, 2.45) is 7.05 Å². The summed E-state index contributed by atoms with van der Waals surface area (Å²) in [6.45, 7) is 2.09. The average Bonchev–Trinajstić information content (AvgIpc) is 2.13. The van der Waals surface area contributed by atoms with Gasteiger partial charge in [0.05, 0.1) is 5.69 Å². The summed E-state index contributed by atoms with van der Waals surface area (Å²) in [5.41, 5.74) is 1.03. The molecule has 56 valence electrons. The third kappa shape index (κ3) is 2.10. The maximum atomic E-state index is 3.94. The third-order valence-electron chi connectivity index (χ3n) is 1.14. The minimum atomic E-state index is 0.476. The highest BCUT2D eigenvalue weighted by atomic mass is 79.9. The lowest BCUT2D eigenvalue weighted by molar-refractivity contribution is 0.713. The summed E-state index contributed by atoms with van der Waals surface area (Å²) in [7, 11) is 1.87. The molecule has 0 aliphatic heterocycles. The van der Waals surface area contributed by atoms with E-state index >= 15 is 0 Å². The van der Waals surface area contributed by atoms with E-state index in [9.17, 15) is 0 Å². The van der Waals surface area contributed by atoms with E-state index in [0.29, 0.717) is 4.83 Å². The third-order valence-corrected chi connectivity index (χ3v) is 1.46. The fourth-order valence-corrected chi connectivity index (χ4v) is 1.11. The molecule has 0 N–H and O–H groups in total. The molecule has 0 saturated heterocycles. The summed E-state index contributed by atoms with van der Waals surface area (Å²) in [5, 5.41) is 7.75. The highest BCUT2D eigenvalue weighted by Gasteiger charge is 2.01. The fraction of sp³-hybridized carbons (Fsp3) is 0.667. The Hall–Kier alpha value is -0.380. The minimum Gasteiger partial charge on any atom is -0.255 e. The number of aromatic nitrogens is 3. The molecule has 1 atom stereocenters. The number of nitrogens with zero attached hydrogens (tertiary/aromatic N) is 3. The lowest BCUT2D eigenvalue weighted by Crippen LogP contribution is -1.96. The number of hydrogen-bond acceptors (Lipinski definition) is 2. The Labute approximate surface area is 68.6 Å². The van der Waals surface area contributed by atoms with Crippen LogP contribution in [0.25, 0.3) is 0 Å².